The average molecular weight is 335 g/mol. The van der Waals surface area contributed by atoms with Crippen molar-refractivity contribution in [3.8, 4) is 0 Å². The van der Waals surface area contributed by atoms with Gasteiger partial charge in [0.05, 0.1) is 14.4 Å². The van der Waals surface area contributed by atoms with E-state index in [9.17, 15) is 24.3 Å². The topological polar surface area (TPSA) is 183 Å². The molecular weight excluding hydrogens is 323 g/mol. The Morgan fingerprint density at radius 2 is 2.09 bits per heavy atom. The van der Waals surface area contributed by atoms with Crippen LogP contribution in [0.1, 0.15) is 6.23 Å². The van der Waals surface area contributed by atoms with E-state index in [4.69, 9.17) is 15.6 Å². The summed E-state index contributed by atoms with van der Waals surface area (Å²) in [6.07, 6.45) is -4.82. The molecule has 0 unspecified atom stereocenters. The quantitative estimate of drug-likeness (QED) is 0.353. The van der Waals surface area contributed by atoms with E-state index in [1.165, 1.54) is 12.3 Å². The van der Waals surface area contributed by atoms with Gasteiger partial charge >= 0.3 is 43.4 Å². The van der Waals surface area contributed by atoms with Gasteiger partial charge in [0, 0.05) is 6.20 Å². The fourth-order valence-electron chi connectivity index (χ4n) is 2.00. The molecule has 1 aliphatic rings. The Bertz CT molecular complexity index is 625. The summed E-state index contributed by atoms with van der Waals surface area (Å²) in [7, 11) is -5.41. The van der Waals surface area contributed by atoms with E-state index >= 15 is 0 Å². The van der Waals surface area contributed by atoms with Crippen molar-refractivity contribution in [3.05, 3.63) is 22.7 Å². The maximum atomic E-state index is 11.7. The number of aliphatic hydroxyl groups is 2. The van der Waals surface area contributed by atoms with Crippen LogP contribution in [-0.4, -0.2) is 44.7 Å². The smallest absolute Gasteiger partial charge is 0.790 e. The predicted octanol–water partition coefficient (Wildman–Crippen LogP) is -9.70. The third kappa shape index (κ3) is 5.43. The molecule has 2 rings (SSSR count). The Hall–Kier alpha value is -0.135. The summed E-state index contributed by atoms with van der Waals surface area (Å²) in [4.78, 5) is 36.4. The molecule has 0 bridgehead atoms. The minimum atomic E-state index is -5.41. The molecule has 1 fully saturated rings. The van der Waals surface area contributed by atoms with Crippen molar-refractivity contribution in [1.29, 1.82) is 0 Å². The average Bonchev–Trinajstić information content (AvgIpc) is 2.65. The molecule has 0 aliphatic carbocycles. The van der Waals surface area contributed by atoms with E-state index in [0.717, 1.165) is 4.57 Å². The van der Waals surface area contributed by atoms with Crippen molar-refractivity contribution in [3.63, 3.8) is 0 Å². The van der Waals surface area contributed by atoms with Crippen molar-refractivity contribution in [1.82, 2.24) is 9.55 Å². The maximum absolute atomic E-state index is 11.7. The number of phosphoric ester groups is 1. The van der Waals surface area contributed by atoms with Crippen molar-refractivity contribution >= 4 is 13.6 Å². The predicted molar refractivity (Wildman–Crippen MR) is 62.4 cm³/mol. The third-order valence-electron chi connectivity index (χ3n) is 2.87. The van der Waals surface area contributed by atoms with E-state index in [-0.39, 0.29) is 43.5 Å². The zero-order valence-corrected chi connectivity index (χ0v) is 13.3. The van der Waals surface area contributed by atoms with Crippen LogP contribution in [0, 0.1) is 0 Å². The van der Waals surface area contributed by atoms with Gasteiger partial charge in [0.15, 0.2) is 6.23 Å². The molecular formula is C9H12Li2N3O8P. The second-order valence-electron chi connectivity index (χ2n) is 4.30. The molecule has 23 heavy (non-hydrogen) atoms. The summed E-state index contributed by atoms with van der Waals surface area (Å²) in [6, 6.07) is 1.26. The summed E-state index contributed by atoms with van der Waals surface area (Å²) in [5.74, 6) is -0.0566. The molecule has 118 valence electrons. The van der Waals surface area contributed by atoms with Crippen LogP contribution in [0.4, 0.5) is 5.82 Å². The molecule has 0 radical (unpaired) electrons. The Kier molecular flexibility index (Phi) is 8.76. The molecule has 0 amide bonds. The van der Waals surface area contributed by atoms with E-state index in [0.29, 0.717) is 0 Å². The van der Waals surface area contributed by atoms with E-state index in [2.05, 4.69) is 9.51 Å². The van der Waals surface area contributed by atoms with Gasteiger partial charge in [-0.1, -0.05) is 0 Å². The maximum Gasteiger partial charge on any atom is 1.00 e. The number of nitrogen functional groups attached to an aromatic ring is 1. The molecule has 0 aromatic carbocycles. The zero-order valence-electron chi connectivity index (χ0n) is 12.4. The Morgan fingerprint density at radius 3 is 2.57 bits per heavy atom. The minimum Gasteiger partial charge on any atom is -0.790 e. The summed E-state index contributed by atoms with van der Waals surface area (Å²) in [5.41, 5.74) is 4.46. The van der Waals surface area contributed by atoms with Gasteiger partial charge in [-0.2, -0.15) is 4.98 Å². The number of anilines is 1. The molecule has 1 aromatic rings. The standard InChI is InChI=1S/C9H14N3O8P.2Li/c10-5-1-2-12(9(15)11-5)8-6(14)7(4(3-13)19-8)20-21(16,17)18;;/h1-2,4,6-8,13-14H,3H2,(H2,10,11,15)(H2,16,17,18);;/q;2*+1/p-2/t4-,6-,7-,8-;;/m1../s1. The molecule has 0 spiro atoms. The summed E-state index contributed by atoms with van der Waals surface area (Å²) >= 11 is 0. The third-order valence-corrected chi connectivity index (χ3v) is 3.37. The van der Waals surface area contributed by atoms with Gasteiger partial charge in [0.25, 0.3) is 0 Å². The SMILES string of the molecule is Nc1ccn([C@@H]2O[C@H](CO)[C@@H](OP(=O)([O-])[O-])[C@H]2O)c(=O)n1.[Li+].[Li+]. The van der Waals surface area contributed by atoms with Crippen molar-refractivity contribution in [2.75, 3.05) is 12.3 Å². The zero-order chi connectivity index (χ0) is 15.8. The summed E-state index contributed by atoms with van der Waals surface area (Å²) in [5, 5.41) is 19.1. The van der Waals surface area contributed by atoms with Gasteiger partial charge in [-0.25, -0.2) is 4.79 Å². The number of hydrogen-bond donors (Lipinski definition) is 3. The summed E-state index contributed by atoms with van der Waals surface area (Å²) in [6.45, 7) is -0.727. The first kappa shape index (κ1) is 22.9. The van der Waals surface area contributed by atoms with Gasteiger partial charge < -0.3 is 39.6 Å². The van der Waals surface area contributed by atoms with Gasteiger partial charge in [-0.3, -0.25) is 4.57 Å². The Balaban J connectivity index is 0.00000242. The van der Waals surface area contributed by atoms with Crippen LogP contribution in [0.3, 0.4) is 0 Å². The first-order valence-electron chi connectivity index (χ1n) is 5.72. The normalized spacial score (nSPS) is 27.1. The van der Waals surface area contributed by atoms with E-state index < -0.39 is 44.7 Å². The number of aromatic nitrogens is 2. The van der Waals surface area contributed by atoms with Crippen LogP contribution in [0.25, 0.3) is 0 Å². The first-order chi connectivity index (χ1) is 9.73. The number of nitrogens with zero attached hydrogens (tertiary/aromatic N) is 2. The van der Waals surface area contributed by atoms with E-state index in [1.54, 1.807) is 0 Å². The molecule has 11 nitrogen and oxygen atoms in total. The fourth-order valence-corrected chi connectivity index (χ4v) is 2.55. The van der Waals surface area contributed by atoms with Crippen LogP contribution in [0.15, 0.2) is 17.1 Å². The van der Waals surface area contributed by atoms with Crippen LogP contribution in [0.2, 0.25) is 0 Å². The molecule has 0 saturated carbocycles. The Morgan fingerprint density at radius 1 is 1.48 bits per heavy atom. The summed E-state index contributed by atoms with van der Waals surface area (Å²) < 4.78 is 20.8. The van der Waals surface area contributed by atoms with E-state index in [1.807, 2.05) is 0 Å². The second kappa shape index (κ2) is 8.81. The van der Waals surface area contributed by atoms with Gasteiger partial charge in [-0.05, 0) is 6.07 Å². The molecule has 2 heterocycles. The van der Waals surface area contributed by atoms with Crippen molar-refractivity contribution in [2.45, 2.75) is 24.5 Å². The minimum absolute atomic E-state index is 0. The largest absolute Gasteiger partial charge is 1.00 e. The van der Waals surface area contributed by atoms with Crippen molar-refractivity contribution < 1.29 is 71.5 Å². The monoisotopic (exact) mass is 335 g/mol. The molecule has 1 aliphatic heterocycles. The molecule has 4 N–H and O–H groups in total. The number of aliphatic hydroxyl groups excluding tert-OH is 2. The second-order valence-corrected chi connectivity index (χ2v) is 5.40. The van der Waals surface area contributed by atoms with Crippen LogP contribution >= 0.6 is 7.82 Å². The fraction of sp³-hybridized carbons (Fsp3) is 0.556. The van der Waals surface area contributed by atoms with Crippen LogP contribution < -0.4 is 58.9 Å². The van der Waals surface area contributed by atoms with Crippen molar-refractivity contribution in [2.24, 2.45) is 0 Å². The number of phosphoric acid groups is 1. The molecule has 1 aromatic heterocycles. The molecule has 1 saturated heterocycles. The van der Waals surface area contributed by atoms with Gasteiger partial charge in [0.2, 0.25) is 0 Å². The number of ether oxygens (including phenoxy) is 1. The number of rotatable bonds is 4. The molecule has 4 atom stereocenters. The Labute approximate surface area is 154 Å². The van der Waals surface area contributed by atoms with Crippen LogP contribution in [-0.2, 0) is 13.8 Å². The number of hydrogen-bond acceptors (Lipinski definition) is 10. The molecule has 14 heteroatoms. The number of nitrogens with two attached hydrogens (primary N) is 1. The first-order valence-corrected chi connectivity index (χ1v) is 7.18. The van der Waals surface area contributed by atoms with Gasteiger partial charge in [0.1, 0.15) is 24.1 Å². The van der Waals surface area contributed by atoms with Crippen LogP contribution in [0.5, 0.6) is 0 Å². The van der Waals surface area contributed by atoms with Gasteiger partial charge in [-0.15, -0.1) is 0 Å².